The molecule has 43 heavy (non-hydrogen) atoms. The Morgan fingerprint density at radius 2 is 1.05 bits per heavy atom. The van der Waals surface area contributed by atoms with Gasteiger partial charge in [-0.2, -0.15) is 26.3 Å². The van der Waals surface area contributed by atoms with Gasteiger partial charge < -0.3 is 11.1 Å². The molecule has 4 aromatic rings. The van der Waals surface area contributed by atoms with E-state index < -0.39 is 44.7 Å². The van der Waals surface area contributed by atoms with Gasteiger partial charge in [0.05, 0.1) is 9.85 Å². The van der Waals surface area contributed by atoms with Crippen LogP contribution >= 0.6 is 15.9 Å². The fourth-order valence-electron chi connectivity index (χ4n) is 3.26. The highest BCUT2D eigenvalue weighted by Crippen LogP contribution is 2.39. The Morgan fingerprint density at radius 3 is 1.47 bits per heavy atom. The molecular formula is C28H23BrF6N4O4. The third-order valence-electron chi connectivity index (χ3n) is 5.38. The molecule has 0 heterocycles. The SMILES string of the molecule is Cc1ccc(N)cc1.Cc1ccc(Nc2ccc([N+](=O)[O-])c(C(F)(F)F)c2)cc1.O=[N+]([O-])c1ccc(Br)cc1C(F)(F)F. The first-order valence-corrected chi connectivity index (χ1v) is 12.7. The molecular weight excluding hydrogens is 650 g/mol. The molecule has 0 amide bonds. The van der Waals surface area contributed by atoms with Crippen LogP contribution in [0.25, 0.3) is 0 Å². The normalized spacial score (nSPS) is 10.9. The average Bonchev–Trinajstić information content (AvgIpc) is 2.91. The predicted molar refractivity (Wildman–Crippen MR) is 154 cm³/mol. The molecule has 0 aliphatic carbocycles. The van der Waals surface area contributed by atoms with Crippen LogP contribution in [0.4, 0.5) is 54.8 Å². The third-order valence-corrected chi connectivity index (χ3v) is 5.87. The summed E-state index contributed by atoms with van der Waals surface area (Å²) in [5.41, 5.74) is 4.82. The highest BCUT2D eigenvalue weighted by Gasteiger charge is 2.39. The number of anilines is 3. The van der Waals surface area contributed by atoms with Crippen molar-refractivity contribution in [3.63, 3.8) is 0 Å². The van der Waals surface area contributed by atoms with Crippen molar-refractivity contribution in [2.45, 2.75) is 26.2 Å². The zero-order valence-electron chi connectivity index (χ0n) is 22.3. The number of hydrogen-bond donors (Lipinski definition) is 2. The molecule has 0 aliphatic rings. The Morgan fingerprint density at radius 1 is 0.651 bits per heavy atom. The molecule has 0 saturated heterocycles. The van der Waals surface area contributed by atoms with Crippen molar-refractivity contribution >= 4 is 44.4 Å². The zero-order chi connectivity index (χ0) is 32.5. The van der Waals surface area contributed by atoms with Crippen LogP contribution in [0.1, 0.15) is 22.3 Å². The summed E-state index contributed by atoms with van der Waals surface area (Å²) in [6.45, 7) is 3.93. The van der Waals surface area contributed by atoms with Crippen molar-refractivity contribution in [2.75, 3.05) is 11.1 Å². The van der Waals surface area contributed by atoms with Gasteiger partial charge in [-0.15, -0.1) is 0 Å². The molecule has 0 radical (unpaired) electrons. The molecule has 4 rings (SSSR count). The summed E-state index contributed by atoms with van der Waals surface area (Å²) in [4.78, 5) is 18.8. The lowest BCUT2D eigenvalue weighted by Gasteiger charge is -2.11. The molecule has 15 heteroatoms. The van der Waals surface area contributed by atoms with E-state index in [0.717, 1.165) is 29.4 Å². The molecule has 0 atom stereocenters. The standard InChI is InChI=1S/C14H11F3N2O2.C7H3BrF3NO2.C7H9N/c1-9-2-4-10(5-3-9)18-11-6-7-13(19(20)21)12(8-11)14(15,16)17;8-4-1-2-6(12(13)14)5(3-4)7(9,10)11;1-6-2-4-7(8)5-3-6/h2-8,18H,1H3;1-3H;2-5H,8H2,1H3. The van der Waals surface area contributed by atoms with Crippen LogP contribution in [0.2, 0.25) is 0 Å². The zero-order valence-corrected chi connectivity index (χ0v) is 23.9. The molecule has 0 saturated carbocycles. The van der Waals surface area contributed by atoms with Crippen molar-refractivity contribution in [2.24, 2.45) is 0 Å². The third kappa shape index (κ3) is 10.9. The van der Waals surface area contributed by atoms with Gasteiger partial charge in [-0.25, -0.2) is 0 Å². The van der Waals surface area contributed by atoms with Crippen molar-refractivity contribution in [1.29, 1.82) is 0 Å². The molecule has 4 aromatic carbocycles. The summed E-state index contributed by atoms with van der Waals surface area (Å²) in [6, 6.07) is 20.3. The fourth-order valence-corrected chi connectivity index (χ4v) is 3.63. The number of nitrogen functional groups attached to an aromatic ring is 1. The monoisotopic (exact) mass is 672 g/mol. The second-order valence-electron chi connectivity index (χ2n) is 8.80. The van der Waals surface area contributed by atoms with Gasteiger partial charge in [-0.05, 0) is 62.4 Å². The predicted octanol–water partition coefficient (Wildman–Crippen LogP) is 9.62. The Hall–Kier alpha value is -4.66. The number of nitrogens with zero attached hydrogens (tertiary/aromatic N) is 2. The van der Waals surface area contributed by atoms with E-state index in [9.17, 15) is 46.6 Å². The number of nitrogens with one attached hydrogen (secondary N) is 1. The van der Waals surface area contributed by atoms with E-state index in [1.54, 1.807) is 24.3 Å². The quantitative estimate of drug-likeness (QED) is 0.0962. The Balaban J connectivity index is 0.000000251. The van der Waals surface area contributed by atoms with Gasteiger partial charge in [0.2, 0.25) is 0 Å². The lowest BCUT2D eigenvalue weighted by molar-refractivity contribution is -0.388. The topological polar surface area (TPSA) is 124 Å². The number of alkyl halides is 6. The van der Waals surface area contributed by atoms with Crippen LogP contribution in [0.15, 0.2) is 89.4 Å². The van der Waals surface area contributed by atoms with Crippen LogP contribution in [0, 0.1) is 34.1 Å². The van der Waals surface area contributed by atoms with Gasteiger partial charge in [0.1, 0.15) is 11.1 Å². The molecule has 3 N–H and O–H groups in total. The maximum absolute atomic E-state index is 12.8. The van der Waals surface area contributed by atoms with Crippen molar-refractivity contribution in [3.8, 4) is 0 Å². The van der Waals surface area contributed by atoms with Gasteiger partial charge in [-0.1, -0.05) is 51.3 Å². The van der Waals surface area contributed by atoms with E-state index in [-0.39, 0.29) is 10.2 Å². The lowest BCUT2D eigenvalue weighted by atomic mass is 10.1. The van der Waals surface area contributed by atoms with Crippen LogP contribution in [0.5, 0.6) is 0 Å². The highest BCUT2D eigenvalue weighted by atomic mass is 79.9. The van der Waals surface area contributed by atoms with E-state index in [4.69, 9.17) is 5.73 Å². The highest BCUT2D eigenvalue weighted by molar-refractivity contribution is 9.10. The number of aryl methyl sites for hydroxylation is 2. The summed E-state index contributed by atoms with van der Waals surface area (Å²) in [5.74, 6) is 0. The summed E-state index contributed by atoms with van der Waals surface area (Å²) in [6.07, 6.45) is -9.50. The molecule has 228 valence electrons. The van der Waals surface area contributed by atoms with Crippen LogP contribution in [0.3, 0.4) is 0 Å². The molecule has 0 unspecified atom stereocenters. The van der Waals surface area contributed by atoms with Gasteiger partial charge in [0.15, 0.2) is 0 Å². The summed E-state index contributed by atoms with van der Waals surface area (Å²) >= 11 is 2.82. The molecule has 0 spiro atoms. The summed E-state index contributed by atoms with van der Waals surface area (Å²) in [7, 11) is 0. The van der Waals surface area contributed by atoms with E-state index in [2.05, 4.69) is 21.2 Å². The number of nitro groups is 2. The van der Waals surface area contributed by atoms with Crippen LogP contribution < -0.4 is 11.1 Å². The first kappa shape index (κ1) is 34.5. The summed E-state index contributed by atoms with van der Waals surface area (Å²) < 4.78 is 75.5. The largest absolute Gasteiger partial charge is 0.423 e. The van der Waals surface area contributed by atoms with E-state index in [1.165, 1.54) is 17.7 Å². The first-order chi connectivity index (χ1) is 19.9. The number of nitrogens with two attached hydrogens (primary N) is 1. The van der Waals surface area contributed by atoms with Gasteiger partial charge >= 0.3 is 12.4 Å². The Bertz CT molecular complexity index is 1540. The van der Waals surface area contributed by atoms with Gasteiger partial charge in [0.25, 0.3) is 11.4 Å². The minimum Gasteiger partial charge on any atom is -0.399 e. The van der Waals surface area contributed by atoms with Crippen LogP contribution in [-0.4, -0.2) is 9.85 Å². The number of rotatable bonds is 4. The number of nitro benzene ring substituents is 2. The van der Waals surface area contributed by atoms with E-state index in [1.807, 2.05) is 38.1 Å². The molecule has 0 fully saturated rings. The summed E-state index contributed by atoms with van der Waals surface area (Å²) in [5, 5.41) is 23.7. The maximum atomic E-state index is 12.8. The lowest BCUT2D eigenvalue weighted by Crippen LogP contribution is -2.09. The van der Waals surface area contributed by atoms with Gasteiger partial charge in [0, 0.05) is 33.7 Å². The van der Waals surface area contributed by atoms with Gasteiger partial charge in [-0.3, -0.25) is 20.2 Å². The average molecular weight is 673 g/mol. The molecule has 0 bridgehead atoms. The second-order valence-corrected chi connectivity index (χ2v) is 9.72. The van der Waals surface area contributed by atoms with Crippen molar-refractivity contribution in [3.05, 3.63) is 132 Å². The van der Waals surface area contributed by atoms with Crippen molar-refractivity contribution < 1.29 is 36.2 Å². The second kappa shape index (κ2) is 14.5. The first-order valence-electron chi connectivity index (χ1n) is 11.9. The maximum Gasteiger partial charge on any atom is 0.423 e. The smallest absolute Gasteiger partial charge is 0.399 e. The van der Waals surface area contributed by atoms with Crippen molar-refractivity contribution in [1.82, 2.24) is 0 Å². The number of halogens is 7. The molecule has 0 aliphatic heterocycles. The minimum atomic E-state index is -4.78. The van der Waals surface area contributed by atoms with E-state index in [0.29, 0.717) is 11.8 Å². The molecule has 0 aromatic heterocycles. The number of hydrogen-bond acceptors (Lipinski definition) is 6. The molecule has 8 nitrogen and oxygen atoms in total. The van der Waals surface area contributed by atoms with E-state index >= 15 is 0 Å². The fraction of sp³-hybridized carbons (Fsp3) is 0.143. The number of benzene rings is 4. The Labute approximate surface area is 249 Å². The Kier molecular flexibility index (Phi) is 11.6. The minimum absolute atomic E-state index is 0.136. The van der Waals surface area contributed by atoms with Crippen LogP contribution in [-0.2, 0) is 12.4 Å².